The summed E-state index contributed by atoms with van der Waals surface area (Å²) >= 11 is 0. The molecular formula is C15H28N4O. The van der Waals surface area contributed by atoms with E-state index < -0.39 is 0 Å². The first kappa shape index (κ1) is 16.7. The Bertz CT molecular complexity index is 393. The molecule has 0 saturated heterocycles. The van der Waals surface area contributed by atoms with Gasteiger partial charge in [0.1, 0.15) is 17.5 Å². The van der Waals surface area contributed by atoms with E-state index in [0.717, 1.165) is 43.5 Å². The van der Waals surface area contributed by atoms with Gasteiger partial charge in [-0.1, -0.05) is 13.8 Å². The maximum atomic E-state index is 5.52. The summed E-state index contributed by atoms with van der Waals surface area (Å²) in [7, 11) is 1.87. The summed E-state index contributed by atoms with van der Waals surface area (Å²) in [6.45, 7) is 10.0. The number of rotatable bonds is 9. The molecule has 0 aliphatic heterocycles. The third-order valence-electron chi connectivity index (χ3n) is 2.84. The van der Waals surface area contributed by atoms with Crippen molar-refractivity contribution in [2.24, 2.45) is 0 Å². The Hall–Kier alpha value is -1.36. The second-order valence-corrected chi connectivity index (χ2v) is 5.45. The maximum absolute atomic E-state index is 5.52. The number of hydrogen-bond acceptors (Lipinski definition) is 5. The van der Waals surface area contributed by atoms with E-state index in [9.17, 15) is 0 Å². The summed E-state index contributed by atoms with van der Waals surface area (Å²) in [5.74, 6) is 2.93. The van der Waals surface area contributed by atoms with Crippen LogP contribution in [0, 0.1) is 0 Å². The van der Waals surface area contributed by atoms with Gasteiger partial charge in [-0.05, 0) is 26.7 Å². The van der Waals surface area contributed by atoms with Crippen molar-refractivity contribution >= 4 is 11.6 Å². The zero-order valence-electron chi connectivity index (χ0n) is 13.4. The number of aromatic nitrogens is 2. The van der Waals surface area contributed by atoms with Crippen LogP contribution in [0.5, 0.6) is 0 Å². The van der Waals surface area contributed by atoms with Gasteiger partial charge in [-0.25, -0.2) is 9.97 Å². The molecule has 0 bridgehead atoms. The first-order valence-corrected chi connectivity index (χ1v) is 7.45. The standard InChI is InChI=1S/C15H28N4O/c1-11(2)15-18-13(16-5)10-14(19-15)17-8-6-7-9-20-12(3)4/h10-12H,6-9H2,1-5H3,(H2,16,17,18,19). The lowest BCUT2D eigenvalue weighted by atomic mass is 10.2. The Morgan fingerprint density at radius 2 is 1.80 bits per heavy atom. The largest absolute Gasteiger partial charge is 0.379 e. The van der Waals surface area contributed by atoms with Gasteiger partial charge in [0.2, 0.25) is 0 Å². The molecule has 0 amide bonds. The molecule has 1 aromatic rings. The molecule has 1 heterocycles. The molecule has 20 heavy (non-hydrogen) atoms. The molecule has 5 heteroatoms. The van der Waals surface area contributed by atoms with E-state index in [1.807, 2.05) is 13.1 Å². The lowest BCUT2D eigenvalue weighted by Gasteiger charge is -2.12. The molecule has 0 aromatic carbocycles. The van der Waals surface area contributed by atoms with Gasteiger partial charge in [0.05, 0.1) is 6.10 Å². The van der Waals surface area contributed by atoms with Gasteiger partial charge in [-0.15, -0.1) is 0 Å². The molecule has 5 nitrogen and oxygen atoms in total. The van der Waals surface area contributed by atoms with Crippen molar-refractivity contribution in [2.75, 3.05) is 30.8 Å². The molecule has 0 fully saturated rings. The van der Waals surface area contributed by atoms with E-state index in [1.54, 1.807) is 0 Å². The highest BCUT2D eigenvalue weighted by molar-refractivity contribution is 5.47. The number of nitrogens with one attached hydrogen (secondary N) is 2. The average Bonchev–Trinajstić information content (AvgIpc) is 2.41. The molecule has 1 rings (SSSR count). The maximum Gasteiger partial charge on any atom is 0.135 e. The third-order valence-corrected chi connectivity index (χ3v) is 2.84. The molecule has 1 aromatic heterocycles. The molecular weight excluding hydrogens is 252 g/mol. The van der Waals surface area contributed by atoms with Crippen molar-refractivity contribution in [3.05, 3.63) is 11.9 Å². The molecule has 0 unspecified atom stereocenters. The van der Waals surface area contributed by atoms with Gasteiger partial charge < -0.3 is 15.4 Å². The van der Waals surface area contributed by atoms with Crippen LogP contribution in [0.1, 0.15) is 52.3 Å². The molecule has 0 aliphatic rings. The molecule has 0 atom stereocenters. The van der Waals surface area contributed by atoms with E-state index in [2.05, 4.69) is 48.3 Å². The second-order valence-electron chi connectivity index (χ2n) is 5.45. The summed E-state index contributed by atoms with van der Waals surface area (Å²) in [6, 6.07) is 1.94. The molecule has 0 spiro atoms. The van der Waals surface area contributed by atoms with Crippen molar-refractivity contribution in [1.29, 1.82) is 0 Å². The van der Waals surface area contributed by atoms with Crippen LogP contribution in [0.25, 0.3) is 0 Å². The SMILES string of the molecule is CNc1cc(NCCCCOC(C)C)nc(C(C)C)n1. The molecule has 0 aliphatic carbocycles. The summed E-state index contributed by atoms with van der Waals surface area (Å²) in [5.41, 5.74) is 0. The lowest BCUT2D eigenvalue weighted by Crippen LogP contribution is -2.10. The van der Waals surface area contributed by atoms with Crippen LogP contribution in [-0.4, -0.2) is 36.3 Å². The van der Waals surface area contributed by atoms with Gasteiger partial charge in [-0.2, -0.15) is 0 Å². The minimum atomic E-state index is 0.316. The van der Waals surface area contributed by atoms with Crippen LogP contribution in [0.3, 0.4) is 0 Å². The van der Waals surface area contributed by atoms with Crippen LogP contribution in [0.2, 0.25) is 0 Å². The van der Waals surface area contributed by atoms with Gasteiger partial charge in [0.25, 0.3) is 0 Å². The Morgan fingerprint density at radius 1 is 1.10 bits per heavy atom. The summed E-state index contributed by atoms with van der Waals surface area (Å²) in [5, 5.41) is 6.43. The highest BCUT2D eigenvalue weighted by Gasteiger charge is 2.07. The molecule has 0 radical (unpaired) electrons. The predicted molar refractivity (Wildman–Crippen MR) is 84.5 cm³/mol. The van der Waals surface area contributed by atoms with Crippen LogP contribution in [0.15, 0.2) is 6.07 Å². The first-order valence-electron chi connectivity index (χ1n) is 7.45. The monoisotopic (exact) mass is 280 g/mol. The number of nitrogens with zero attached hydrogens (tertiary/aromatic N) is 2. The fourth-order valence-corrected chi connectivity index (χ4v) is 1.71. The second kappa shape index (κ2) is 8.74. The fourth-order valence-electron chi connectivity index (χ4n) is 1.71. The average molecular weight is 280 g/mol. The summed E-state index contributed by atoms with van der Waals surface area (Å²) < 4.78 is 5.52. The normalized spacial score (nSPS) is 11.2. The van der Waals surface area contributed by atoms with Crippen molar-refractivity contribution < 1.29 is 4.74 Å². The van der Waals surface area contributed by atoms with Gasteiger partial charge >= 0.3 is 0 Å². The number of hydrogen-bond donors (Lipinski definition) is 2. The predicted octanol–water partition coefficient (Wildman–Crippen LogP) is 3.26. The third kappa shape index (κ3) is 6.19. The topological polar surface area (TPSA) is 59.1 Å². The van der Waals surface area contributed by atoms with Crippen molar-refractivity contribution in [2.45, 2.75) is 52.6 Å². The Labute approximate surface area is 122 Å². The number of unbranched alkanes of at least 4 members (excludes halogenated alkanes) is 1. The van der Waals surface area contributed by atoms with E-state index in [-0.39, 0.29) is 0 Å². The van der Waals surface area contributed by atoms with Gasteiger partial charge in [0, 0.05) is 32.2 Å². The van der Waals surface area contributed by atoms with Crippen molar-refractivity contribution in [3.8, 4) is 0 Å². The zero-order chi connectivity index (χ0) is 15.0. The van der Waals surface area contributed by atoms with Crippen molar-refractivity contribution in [3.63, 3.8) is 0 Å². The Balaban J connectivity index is 2.41. The first-order chi connectivity index (χ1) is 9.52. The molecule has 2 N–H and O–H groups in total. The zero-order valence-corrected chi connectivity index (χ0v) is 13.4. The highest BCUT2D eigenvalue weighted by atomic mass is 16.5. The number of ether oxygens (including phenoxy) is 1. The summed E-state index contributed by atoms with van der Waals surface area (Å²) in [6.07, 6.45) is 2.45. The lowest BCUT2D eigenvalue weighted by molar-refractivity contribution is 0.0765. The number of anilines is 2. The minimum absolute atomic E-state index is 0.316. The minimum Gasteiger partial charge on any atom is -0.379 e. The quantitative estimate of drug-likeness (QED) is 0.680. The van der Waals surface area contributed by atoms with Crippen LogP contribution in [-0.2, 0) is 4.74 Å². The molecule has 0 saturated carbocycles. The van der Waals surface area contributed by atoms with E-state index in [4.69, 9.17) is 4.74 Å². The van der Waals surface area contributed by atoms with E-state index in [0.29, 0.717) is 12.0 Å². The van der Waals surface area contributed by atoms with Crippen LogP contribution >= 0.6 is 0 Å². The van der Waals surface area contributed by atoms with Crippen molar-refractivity contribution in [1.82, 2.24) is 9.97 Å². The van der Waals surface area contributed by atoms with E-state index >= 15 is 0 Å². The smallest absolute Gasteiger partial charge is 0.135 e. The van der Waals surface area contributed by atoms with Crippen LogP contribution < -0.4 is 10.6 Å². The van der Waals surface area contributed by atoms with E-state index in [1.165, 1.54) is 0 Å². The van der Waals surface area contributed by atoms with Gasteiger partial charge in [0.15, 0.2) is 0 Å². The highest BCUT2D eigenvalue weighted by Crippen LogP contribution is 2.16. The Kier molecular flexibility index (Phi) is 7.30. The van der Waals surface area contributed by atoms with Gasteiger partial charge in [-0.3, -0.25) is 0 Å². The summed E-state index contributed by atoms with van der Waals surface area (Å²) in [4.78, 5) is 8.98. The fraction of sp³-hybridized carbons (Fsp3) is 0.733. The van der Waals surface area contributed by atoms with Crippen LogP contribution in [0.4, 0.5) is 11.6 Å². The Morgan fingerprint density at radius 3 is 2.40 bits per heavy atom. The molecule has 114 valence electrons.